The highest BCUT2D eigenvalue weighted by molar-refractivity contribution is 5.83. The Bertz CT molecular complexity index is 827. The monoisotopic (exact) mass is 394 g/mol. The second-order valence-corrected chi connectivity index (χ2v) is 10.8. The van der Waals surface area contributed by atoms with Crippen LogP contribution in [0, 0.1) is 41.4 Å². The number of carbonyl (C=O) groups excluding carboxylic acids is 1. The van der Waals surface area contributed by atoms with E-state index in [1.165, 1.54) is 18.4 Å². The molecular formula is C26H34O3. The molecule has 3 aliphatic carbocycles. The molecule has 0 N–H and O–H groups in total. The molecule has 0 spiro atoms. The molecule has 8 atom stereocenters. The van der Waals surface area contributed by atoms with Crippen LogP contribution in [0.4, 0.5) is 0 Å². The first kappa shape index (κ1) is 19.2. The Kier molecular flexibility index (Phi) is 4.38. The summed E-state index contributed by atoms with van der Waals surface area (Å²) in [4.78, 5) is 11.9. The molecule has 1 heterocycles. The number of carbonyl (C=O) groups is 1. The molecule has 1 aromatic rings. The SMILES string of the molecule is Cc1ccc(OC2C[C@H]3[C@@H]4C(C)CC5OC(=O)C=C[C@]5(C)[C@@H]4CC[C@]3(C)C2)cc1. The molecule has 1 aliphatic heterocycles. The fraction of sp³-hybridized carbons (Fsp3) is 0.654. The van der Waals surface area contributed by atoms with E-state index in [9.17, 15) is 4.79 Å². The first-order chi connectivity index (χ1) is 13.8. The van der Waals surface area contributed by atoms with Gasteiger partial charge in [-0.2, -0.15) is 0 Å². The number of benzene rings is 1. The largest absolute Gasteiger partial charge is 0.490 e. The van der Waals surface area contributed by atoms with Gasteiger partial charge in [0.15, 0.2) is 0 Å². The first-order valence-corrected chi connectivity index (χ1v) is 11.4. The number of hydrogen-bond donors (Lipinski definition) is 0. The fourth-order valence-electron chi connectivity index (χ4n) is 7.43. The summed E-state index contributed by atoms with van der Waals surface area (Å²) in [7, 11) is 0. The second kappa shape index (κ2) is 6.62. The van der Waals surface area contributed by atoms with Gasteiger partial charge in [-0.25, -0.2) is 4.79 Å². The summed E-state index contributed by atoms with van der Waals surface area (Å²) in [6.07, 6.45) is 10.00. The van der Waals surface area contributed by atoms with Crippen molar-refractivity contribution in [2.75, 3.05) is 0 Å². The summed E-state index contributed by atoms with van der Waals surface area (Å²) in [6, 6.07) is 8.49. The van der Waals surface area contributed by atoms with E-state index in [0.717, 1.165) is 25.0 Å². The summed E-state index contributed by atoms with van der Waals surface area (Å²) >= 11 is 0. The lowest BCUT2D eigenvalue weighted by atomic mass is 9.47. The van der Waals surface area contributed by atoms with Crippen LogP contribution in [0.2, 0.25) is 0 Å². The van der Waals surface area contributed by atoms with E-state index in [0.29, 0.717) is 35.2 Å². The molecule has 0 saturated heterocycles. The van der Waals surface area contributed by atoms with E-state index in [1.807, 2.05) is 0 Å². The van der Waals surface area contributed by atoms with E-state index in [2.05, 4.69) is 58.0 Å². The topological polar surface area (TPSA) is 35.5 Å². The van der Waals surface area contributed by atoms with Crippen LogP contribution in [-0.4, -0.2) is 18.2 Å². The van der Waals surface area contributed by atoms with Crippen molar-refractivity contribution in [2.45, 2.75) is 72.0 Å². The van der Waals surface area contributed by atoms with E-state index < -0.39 is 0 Å². The molecule has 3 fully saturated rings. The highest BCUT2D eigenvalue weighted by atomic mass is 16.5. The molecule has 0 radical (unpaired) electrons. The van der Waals surface area contributed by atoms with Crippen molar-refractivity contribution in [3.63, 3.8) is 0 Å². The maximum absolute atomic E-state index is 11.9. The van der Waals surface area contributed by atoms with Gasteiger partial charge in [0.05, 0.1) is 6.10 Å². The van der Waals surface area contributed by atoms with Gasteiger partial charge in [-0.3, -0.25) is 0 Å². The molecule has 3 saturated carbocycles. The van der Waals surface area contributed by atoms with Crippen molar-refractivity contribution in [1.82, 2.24) is 0 Å². The van der Waals surface area contributed by atoms with Crippen molar-refractivity contribution >= 4 is 5.97 Å². The summed E-state index contributed by atoms with van der Waals surface area (Å²) in [6.45, 7) is 9.35. The van der Waals surface area contributed by atoms with Gasteiger partial charge in [0, 0.05) is 11.5 Å². The van der Waals surface area contributed by atoms with E-state index in [4.69, 9.17) is 9.47 Å². The maximum atomic E-state index is 11.9. The van der Waals surface area contributed by atoms with E-state index in [-0.39, 0.29) is 17.5 Å². The molecule has 1 aromatic carbocycles. The molecular weight excluding hydrogens is 360 g/mol. The number of esters is 1. The van der Waals surface area contributed by atoms with Crippen molar-refractivity contribution < 1.29 is 14.3 Å². The minimum absolute atomic E-state index is 0.0116. The first-order valence-electron chi connectivity index (χ1n) is 11.4. The van der Waals surface area contributed by atoms with Crippen molar-refractivity contribution in [2.24, 2.45) is 34.5 Å². The Labute approximate surface area is 174 Å². The molecule has 5 rings (SSSR count). The third-order valence-electron chi connectivity index (χ3n) is 8.96. The van der Waals surface area contributed by atoms with Gasteiger partial charge in [-0.05, 0) is 80.2 Å². The third kappa shape index (κ3) is 3.04. The fourth-order valence-corrected chi connectivity index (χ4v) is 7.43. The van der Waals surface area contributed by atoms with E-state index >= 15 is 0 Å². The van der Waals surface area contributed by atoms with Crippen molar-refractivity contribution in [3.8, 4) is 5.75 Å². The van der Waals surface area contributed by atoms with Crippen LogP contribution in [0.15, 0.2) is 36.4 Å². The summed E-state index contributed by atoms with van der Waals surface area (Å²) in [5, 5.41) is 0. The zero-order valence-corrected chi connectivity index (χ0v) is 18.2. The Balaban J connectivity index is 1.40. The molecule has 4 aliphatic rings. The van der Waals surface area contributed by atoms with Crippen LogP contribution in [0.1, 0.15) is 58.4 Å². The van der Waals surface area contributed by atoms with Crippen LogP contribution >= 0.6 is 0 Å². The number of fused-ring (bicyclic) bond motifs is 5. The minimum atomic E-state index is -0.161. The predicted molar refractivity (Wildman–Crippen MR) is 114 cm³/mol. The molecule has 0 bridgehead atoms. The zero-order valence-electron chi connectivity index (χ0n) is 18.2. The van der Waals surface area contributed by atoms with Crippen LogP contribution in [-0.2, 0) is 9.53 Å². The van der Waals surface area contributed by atoms with Gasteiger partial charge in [0.2, 0.25) is 0 Å². The highest BCUT2D eigenvalue weighted by Crippen LogP contribution is 2.65. The summed E-state index contributed by atoms with van der Waals surface area (Å²) in [5.41, 5.74) is 1.62. The number of ether oxygens (including phenoxy) is 2. The van der Waals surface area contributed by atoms with Crippen LogP contribution in [0.5, 0.6) is 5.75 Å². The number of hydrogen-bond acceptors (Lipinski definition) is 3. The summed E-state index contributed by atoms with van der Waals surface area (Å²) < 4.78 is 12.3. The quantitative estimate of drug-likeness (QED) is 0.603. The Morgan fingerprint density at radius 2 is 1.86 bits per heavy atom. The maximum Gasteiger partial charge on any atom is 0.330 e. The van der Waals surface area contributed by atoms with E-state index in [1.54, 1.807) is 6.08 Å². The smallest absolute Gasteiger partial charge is 0.330 e. The average molecular weight is 395 g/mol. The normalized spacial score (nSPS) is 45.7. The Morgan fingerprint density at radius 1 is 1.10 bits per heavy atom. The molecule has 0 aromatic heterocycles. The lowest BCUT2D eigenvalue weighted by Crippen LogP contribution is -2.57. The minimum Gasteiger partial charge on any atom is -0.490 e. The van der Waals surface area contributed by atoms with Gasteiger partial charge in [0.25, 0.3) is 0 Å². The molecule has 29 heavy (non-hydrogen) atoms. The molecule has 3 unspecified atom stereocenters. The standard InChI is InChI=1S/C26H34O3/c1-16-5-7-18(8-6-16)28-19-14-21-24-17(2)13-22-26(4,12-10-23(27)29-22)20(24)9-11-25(21,3)15-19/h5-8,10,12,17,19-22,24H,9,11,13-15H2,1-4H3/t17?,19?,20-,21+,22?,24-,25-,26-/m1/s1. The molecule has 3 heteroatoms. The molecule has 3 nitrogen and oxygen atoms in total. The number of rotatable bonds is 2. The van der Waals surface area contributed by atoms with Gasteiger partial charge in [-0.1, -0.05) is 44.5 Å². The Morgan fingerprint density at radius 3 is 2.62 bits per heavy atom. The van der Waals surface area contributed by atoms with Crippen molar-refractivity contribution in [1.29, 1.82) is 0 Å². The zero-order chi connectivity index (χ0) is 20.4. The molecule has 156 valence electrons. The predicted octanol–water partition coefficient (Wildman–Crippen LogP) is 5.71. The second-order valence-electron chi connectivity index (χ2n) is 10.8. The van der Waals surface area contributed by atoms with Gasteiger partial charge >= 0.3 is 5.97 Å². The van der Waals surface area contributed by atoms with Gasteiger partial charge < -0.3 is 9.47 Å². The van der Waals surface area contributed by atoms with Crippen LogP contribution < -0.4 is 4.74 Å². The lowest BCUT2D eigenvalue weighted by molar-refractivity contribution is -0.173. The molecule has 0 amide bonds. The van der Waals surface area contributed by atoms with Crippen LogP contribution in [0.3, 0.4) is 0 Å². The average Bonchev–Trinajstić information content (AvgIpc) is 3.01. The third-order valence-corrected chi connectivity index (χ3v) is 8.96. The number of aryl methyl sites for hydroxylation is 1. The highest BCUT2D eigenvalue weighted by Gasteiger charge is 2.61. The Hall–Kier alpha value is -1.77. The van der Waals surface area contributed by atoms with Gasteiger partial charge in [-0.15, -0.1) is 0 Å². The van der Waals surface area contributed by atoms with Gasteiger partial charge in [0.1, 0.15) is 11.9 Å². The van der Waals surface area contributed by atoms with Crippen LogP contribution in [0.25, 0.3) is 0 Å². The lowest BCUT2D eigenvalue weighted by Gasteiger charge is -2.59. The summed E-state index contributed by atoms with van der Waals surface area (Å²) in [5.74, 6) is 3.40. The van der Waals surface area contributed by atoms with Crippen molar-refractivity contribution in [3.05, 3.63) is 42.0 Å².